The van der Waals surface area contributed by atoms with Crippen LogP contribution >= 0.6 is 11.8 Å². The lowest BCUT2D eigenvalue weighted by Crippen LogP contribution is -2.25. The SMILES string of the molecule is CC(=O)Oc1ccc(C(=O)CN2CSC(C)=C2C)cc1. The molecule has 0 atom stereocenters. The van der Waals surface area contributed by atoms with Crippen molar-refractivity contribution in [3.63, 3.8) is 0 Å². The van der Waals surface area contributed by atoms with Crippen molar-refractivity contribution >= 4 is 23.5 Å². The highest BCUT2D eigenvalue weighted by molar-refractivity contribution is 8.03. The molecule has 5 heteroatoms. The fraction of sp³-hybridized carbons (Fsp3) is 0.333. The van der Waals surface area contributed by atoms with E-state index in [1.54, 1.807) is 36.0 Å². The van der Waals surface area contributed by atoms with Gasteiger partial charge in [-0.15, -0.1) is 11.8 Å². The van der Waals surface area contributed by atoms with Crippen LogP contribution < -0.4 is 4.74 Å². The molecule has 1 aliphatic rings. The minimum atomic E-state index is -0.366. The number of hydrogen-bond acceptors (Lipinski definition) is 5. The summed E-state index contributed by atoms with van der Waals surface area (Å²) in [6, 6.07) is 6.66. The molecule has 0 aromatic heterocycles. The Morgan fingerprint density at radius 1 is 1.25 bits per heavy atom. The van der Waals surface area contributed by atoms with Gasteiger partial charge < -0.3 is 9.64 Å². The van der Waals surface area contributed by atoms with Crippen molar-refractivity contribution < 1.29 is 14.3 Å². The van der Waals surface area contributed by atoms with Crippen LogP contribution in [-0.4, -0.2) is 29.1 Å². The predicted molar refractivity (Wildman–Crippen MR) is 79.6 cm³/mol. The summed E-state index contributed by atoms with van der Waals surface area (Å²) in [6.07, 6.45) is 0. The maximum atomic E-state index is 12.2. The fourth-order valence-corrected chi connectivity index (χ4v) is 2.87. The summed E-state index contributed by atoms with van der Waals surface area (Å²) < 4.78 is 4.94. The van der Waals surface area contributed by atoms with E-state index in [-0.39, 0.29) is 11.8 Å². The van der Waals surface area contributed by atoms with Crippen molar-refractivity contribution in [3.8, 4) is 5.75 Å². The highest BCUT2D eigenvalue weighted by atomic mass is 32.2. The summed E-state index contributed by atoms with van der Waals surface area (Å²) >= 11 is 1.76. The number of hydrogen-bond donors (Lipinski definition) is 0. The summed E-state index contributed by atoms with van der Waals surface area (Å²) in [5, 5.41) is 0. The molecule has 0 bridgehead atoms. The maximum absolute atomic E-state index is 12.2. The Balaban J connectivity index is 2.01. The number of ketones is 1. The van der Waals surface area contributed by atoms with Gasteiger partial charge in [0.2, 0.25) is 0 Å². The Morgan fingerprint density at radius 3 is 2.40 bits per heavy atom. The molecule has 0 amide bonds. The molecule has 2 rings (SSSR count). The second kappa shape index (κ2) is 6.13. The Kier molecular flexibility index (Phi) is 4.49. The number of carbonyl (C=O) groups is 2. The molecule has 0 saturated carbocycles. The summed E-state index contributed by atoms with van der Waals surface area (Å²) in [5.74, 6) is 0.982. The highest BCUT2D eigenvalue weighted by Crippen LogP contribution is 2.30. The fourth-order valence-electron chi connectivity index (χ4n) is 1.90. The van der Waals surface area contributed by atoms with Crippen LogP contribution in [0.3, 0.4) is 0 Å². The van der Waals surface area contributed by atoms with Crippen molar-refractivity contribution in [3.05, 3.63) is 40.4 Å². The first-order valence-corrected chi connectivity index (χ1v) is 7.33. The van der Waals surface area contributed by atoms with E-state index in [2.05, 4.69) is 11.8 Å². The molecule has 1 heterocycles. The van der Waals surface area contributed by atoms with Gasteiger partial charge in [-0.25, -0.2) is 0 Å². The van der Waals surface area contributed by atoms with Gasteiger partial charge in [0.25, 0.3) is 0 Å². The third-order valence-corrected chi connectivity index (χ3v) is 4.36. The number of benzene rings is 1. The quantitative estimate of drug-likeness (QED) is 0.485. The van der Waals surface area contributed by atoms with Crippen molar-refractivity contribution in [2.45, 2.75) is 20.8 Å². The van der Waals surface area contributed by atoms with Crippen LogP contribution in [0, 0.1) is 0 Å². The minimum Gasteiger partial charge on any atom is -0.427 e. The summed E-state index contributed by atoms with van der Waals surface area (Å²) in [6.45, 7) is 5.83. The molecule has 0 fully saturated rings. The standard InChI is InChI=1S/C15H17NO3S/c1-10-11(2)20-9-16(10)8-15(18)13-4-6-14(7-5-13)19-12(3)17/h4-7H,8-9H2,1-3H3. The molecule has 0 radical (unpaired) electrons. The monoisotopic (exact) mass is 291 g/mol. The predicted octanol–water partition coefficient (Wildman–Crippen LogP) is 3.05. The minimum absolute atomic E-state index is 0.0639. The van der Waals surface area contributed by atoms with Crippen LogP contribution in [0.2, 0.25) is 0 Å². The Bertz CT molecular complexity index is 563. The average Bonchev–Trinajstić information content (AvgIpc) is 2.71. The molecule has 0 N–H and O–H groups in total. The van der Waals surface area contributed by atoms with E-state index >= 15 is 0 Å². The molecule has 1 aromatic rings. The Hall–Kier alpha value is -1.75. The first-order chi connectivity index (χ1) is 9.47. The molecule has 106 valence electrons. The van der Waals surface area contributed by atoms with Crippen molar-refractivity contribution in [2.24, 2.45) is 0 Å². The lowest BCUT2D eigenvalue weighted by molar-refractivity contribution is -0.131. The Morgan fingerprint density at radius 2 is 1.90 bits per heavy atom. The van der Waals surface area contributed by atoms with Crippen molar-refractivity contribution in [2.75, 3.05) is 12.4 Å². The molecule has 0 unspecified atom stereocenters. The topological polar surface area (TPSA) is 46.6 Å². The van der Waals surface area contributed by atoms with Crippen LogP contribution in [0.5, 0.6) is 5.75 Å². The second-order valence-electron chi connectivity index (χ2n) is 4.65. The third-order valence-electron chi connectivity index (χ3n) is 3.19. The third kappa shape index (κ3) is 3.42. The average molecular weight is 291 g/mol. The molecule has 0 saturated heterocycles. The number of allylic oxidation sites excluding steroid dienone is 2. The lowest BCUT2D eigenvalue weighted by atomic mass is 10.1. The zero-order valence-electron chi connectivity index (χ0n) is 11.8. The van der Waals surface area contributed by atoms with Crippen molar-refractivity contribution in [1.29, 1.82) is 0 Å². The summed E-state index contributed by atoms with van der Waals surface area (Å²) in [7, 11) is 0. The highest BCUT2D eigenvalue weighted by Gasteiger charge is 2.19. The zero-order valence-corrected chi connectivity index (χ0v) is 12.6. The van der Waals surface area contributed by atoms with E-state index in [9.17, 15) is 9.59 Å². The van der Waals surface area contributed by atoms with Crippen molar-refractivity contribution in [1.82, 2.24) is 4.90 Å². The first-order valence-electron chi connectivity index (χ1n) is 6.34. The number of ether oxygens (including phenoxy) is 1. The molecule has 20 heavy (non-hydrogen) atoms. The van der Waals surface area contributed by atoms with E-state index in [4.69, 9.17) is 4.74 Å². The number of nitrogens with zero attached hydrogens (tertiary/aromatic N) is 1. The second-order valence-corrected chi connectivity index (χ2v) is 5.81. The molecule has 0 aliphatic carbocycles. The lowest BCUT2D eigenvalue weighted by Gasteiger charge is -2.18. The van der Waals surface area contributed by atoms with Gasteiger partial charge in [0.1, 0.15) is 5.75 Å². The molecular formula is C15H17NO3S. The van der Waals surface area contributed by atoms with Crippen LogP contribution in [0.25, 0.3) is 0 Å². The van der Waals surface area contributed by atoms with Gasteiger partial charge in [-0.05, 0) is 38.1 Å². The van der Waals surface area contributed by atoms with Gasteiger partial charge in [0.05, 0.1) is 12.4 Å². The van der Waals surface area contributed by atoms with E-state index < -0.39 is 0 Å². The van der Waals surface area contributed by atoms with Crippen LogP contribution in [-0.2, 0) is 4.79 Å². The van der Waals surface area contributed by atoms with Gasteiger partial charge in [-0.1, -0.05) is 0 Å². The van der Waals surface area contributed by atoms with Crippen LogP contribution in [0.15, 0.2) is 34.9 Å². The molecule has 0 spiro atoms. The number of esters is 1. The van der Waals surface area contributed by atoms with Gasteiger partial charge in [0.15, 0.2) is 5.78 Å². The zero-order chi connectivity index (χ0) is 14.7. The Labute approximate surface area is 122 Å². The van der Waals surface area contributed by atoms with Gasteiger partial charge in [-0.2, -0.15) is 0 Å². The van der Waals surface area contributed by atoms with E-state index in [0.29, 0.717) is 17.9 Å². The van der Waals surface area contributed by atoms with Gasteiger partial charge in [-0.3, -0.25) is 9.59 Å². The van der Waals surface area contributed by atoms with Crippen LogP contribution in [0.1, 0.15) is 31.1 Å². The largest absolute Gasteiger partial charge is 0.427 e. The summed E-state index contributed by atoms with van der Waals surface area (Å²) in [4.78, 5) is 26.4. The maximum Gasteiger partial charge on any atom is 0.308 e. The van der Waals surface area contributed by atoms with Gasteiger partial charge >= 0.3 is 5.97 Å². The molecular weight excluding hydrogens is 274 g/mol. The first kappa shape index (κ1) is 14.7. The summed E-state index contributed by atoms with van der Waals surface area (Å²) in [5.41, 5.74) is 1.79. The number of Topliss-reactive ketones (excluding diaryl/α,β-unsaturated/α-hetero) is 1. The number of thioether (sulfide) groups is 1. The molecule has 1 aliphatic heterocycles. The van der Waals surface area contributed by atoms with E-state index in [1.165, 1.54) is 17.5 Å². The van der Waals surface area contributed by atoms with Gasteiger partial charge in [0, 0.05) is 23.1 Å². The number of carbonyl (C=O) groups excluding carboxylic acids is 2. The number of rotatable bonds is 4. The molecule has 1 aromatic carbocycles. The smallest absolute Gasteiger partial charge is 0.308 e. The normalized spacial score (nSPS) is 14.7. The van der Waals surface area contributed by atoms with E-state index in [1.807, 2.05) is 6.92 Å². The molecule has 4 nitrogen and oxygen atoms in total. The van der Waals surface area contributed by atoms with Crippen LogP contribution in [0.4, 0.5) is 0 Å². The van der Waals surface area contributed by atoms with E-state index in [0.717, 1.165) is 5.88 Å².